The van der Waals surface area contributed by atoms with Gasteiger partial charge in [-0.15, -0.1) is 0 Å². The number of hydrogen-bond acceptors (Lipinski definition) is 4. The third-order valence-corrected chi connectivity index (χ3v) is 2.63. The second-order valence-electron chi connectivity index (χ2n) is 4.16. The Labute approximate surface area is 105 Å². The van der Waals surface area contributed by atoms with Crippen molar-refractivity contribution in [2.75, 3.05) is 7.11 Å². The maximum absolute atomic E-state index is 12.4. The quantitative estimate of drug-likeness (QED) is 0.774. The highest BCUT2D eigenvalue weighted by atomic mass is 16.5. The van der Waals surface area contributed by atoms with Crippen LogP contribution in [0.2, 0.25) is 0 Å². The van der Waals surface area contributed by atoms with Gasteiger partial charge in [-0.05, 0) is 26.0 Å². The number of aromatic nitrogens is 3. The largest absolute Gasteiger partial charge is 0.493 e. The minimum absolute atomic E-state index is 0.0923. The van der Waals surface area contributed by atoms with E-state index < -0.39 is 0 Å². The van der Waals surface area contributed by atoms with Gasteiger partial charge in [-0.3, -0.25) is 14.5 Å². The molecule has 0 radical (unpaired) electrons. The van der Waals surface area contributed by atoms with E-state index in [4.69, 9.17) is 4.74 Å². The van der Waals surface area contributed by atoms with Gasteiger partial charge in [0.05, 0.1) is 13.3 Å². The third kappa shape index (κ3) is 2.11. The average molecular weight is 245 g/mol. The Bertz CT molecular complexity index is 547. The summed E-state index contributed by atoms with van der Waals surface area (Å²) < 4.78 is 6.87. The molecule has 0 aliphatic heterocycles. The summed E-state index contributed by atoms with van der Waals surface area (Å²) >= 11 is 0. The number of carbonyl (C=O) groups excluding carboxylic acids is 1. The number of rotatable bonds is 4. The van der Waals surface area contributed by atoms with E-state index in [1.54, 1.807) is 35.4 Å². The zero-order chi connectivity index (χ0) is 13.1. The van der Waals surface area contributed by atoms with E-state index in [1.165, 1.54) is 7.11 Å². The lowest BCUT2D eigenvalue weighted by molar-refractivity contribution is 0.102. The summed E-state index contributed by atoms with van der Waals surface area (Å²) in [5.74, 6) is 0.381. The molecule has 5 nitrogen and oxygen atoms in total. The fourth-order valence-electron chi connectivity index (χ4n) is 1.74. The van der Waals surface area contributed by atoms with Gasteiger partial charge in [0.1, 0.15) is 0 Å². The molecule has 0 saturated heterocycles. The van der Waals surface area contributed by atoms with E-state index in [-0.39, 0.29) is 11.8 Å². The van der Waals surface area contributed by atoms with Gasteiger partial charge < -0.3 is 4.74 Å². The van der Waals surface area contributed by atoms with Crippen molar-refractivity contribution in [2.45, 2.75) is 19.9 Å². The van der Waals surface area contributed by atoms with Crippen LogP contribution in [-0.2, 0) is 0 Å². The van der Waals surface area contributed by atoms with Crippen molar-refractivity contribution in [1.29, 1.82) is 0 Å². The predicted molar refractivity (Wildman–Crippen MR) is 66.8 cm³/mol. The summed E-state index contributed by atoms with van der Waals surface area (Å²) in [6, 6.07) is 3.45. The molecule has 0 atom stereocenters. The van der Waals surface area contributed by atoms with Crippen molar-refractivity contribution in [1.82, 2.24) is 14.8 Å². The molecule has 0 unspecified atom stereocenters. The Morgan fingerprint density at radius 2 is 2.00 bits per heavy atom. The Morgan fingerprint density at radius 3 is 2.56 bits per heavy atom. The van der Waals surface area contributed by atoms with Crippen LogP contribution in [0.1, 0.15) is 35.9 Å². The molecule has 94 valence electrons. The Kier molecular flexibility index (Phi) is 3.41. The van der Waals surface area contributed by atoms with Crippen molar-refractivity contribution in [3.8, 4) is 5.75 Å². The van der Waals surface area contributed by atoms with E-state index in [0.717, 1.165) is 0 Å². The van der Waals surface area contributed by atoms with Crippen LogP contribution in [-0.4, -0.2) is 27.7 Å². The molecule has 0 bridgehead atoms. The fraction of sp³-hybridized carbons (Fsp3) is 0.308. The third-order valence-electron chi connectivity index (χ3n) is 2.63. The fourth-order valence-corrected chi connectivity index (χ4v) is 1.74. The minimum atomic E-state index is -0.111. The van der Waals surface area contributed by atoms with Crippen molar-refractivity contribution < 1.29 is 9.53 Å². The van der Waals surface area contributed by atoms with Crippen LogP contribution >= 0.6 is 0 Å². The molecule has 18 heavy (non-hydrogen) atoms. The van der Waals surface area contributed by atoms with E-state index in [2.05, 4.69) is 10.1 Å². The predicted octanol–water partition coefficient (Wildman–Crippen LogP) is 2.10. The lowest BCUT2D eigenvalue weighted by Gasteiger charge is -2.11. The first-order chi connectivity index (χ1) is 8.65. The normalized spacial score (nSPS) is 10.7. The maximum atomic E-state index is 12.4. The Hall–Kier alpha value is -2.17. The summed E-state index contributed by atoms with van der Waals surface area (Å²) in [7, 11) is 1.53. The highest BCUT2D eigenvalue weighted by molar-refractivity contribution is 6.09. The Morgan fingerprint density at radius 1 is 1.33 bits per heavy atom. The van der Waals surface area contributed by atoms with Gasteiger partial charge in [-0.2, -0.15) is 5.10 Å². The first-order valence-electron chi connectivity index (χ1n) is 5.71. The molecule has 0 aromatic carbocycles. The molecule has 2 heterocycles. The lowest BCUT2D eigenvalue weighted by atomic mass is 10.1. The maximum Gasteiger partial charge on any atom is 0.214 e. The summed E-state index contributed by atoms with van der Waals surface area (Å²) in [5, 5.41) is 4.19. The van der Waals surface area contributed by atoms with Crippen molar-refractivity contribution in [3.63, 3.8) is 0 Å². The SMILES string of the molecule is COc1cnn(C(C)C)c1C(=O)c1ccncc1. The van der Waals surface area contributed by atoms with Gasteiger partial charge in [0, 0.05) is 24.0 Å². The van der Waals surface area contributed by atoms with E-state index >= 15 is 0 Å². The standard InChI is InChI=1S/C13H15N3O2/c1-9(2)16-12(11(18-3)8-15-16)13(17)10-4-6-14-7-5-10/h4-9H,1-3H3. The van der Waals surface area contributed by atoms with Gasteiger partial charge >= 0.3 is 0 Å². The summed E-state index contributed by atoms with van der Waals surface area (Å²) in [6.07, 6.45) is 4.75. The minimum Gasteiger partial charge on any atom is -0.493 e. The van der Waals surface area contributed by atoms with Gasteiger partial charge in [-0.25, -0.2) is 0 Å². The average Bonchev–Trinajstić information content (AvgIpc) is 2.82. The molecular formula is C13H15N3O2. The van der Waals surface area contributed by atoms with E-state index in [9.17, 15) is 4.79 Å². The summed E-state index contributed by atoms with van der Waals surface area (Å²) in [6.45, 7) is 3.94. The first-order valence-corrected chi connectivity index (χ1v) is 5.71. The van der Waals surface area contributed by atoms with Gasteiger partial charge in [-0.1, -0.05) is 0 Å². The summed E-state index contributed by atoms with van der Waals surface area (Å²) in [4.78, 5) is 16.3. The number of ketones is 1. The molecule has 0 amide bonds. The molecule has 0 N–H and O–H groups in total. The van der Waals surface area contributed by atoms with Gasteiger partial charge in [0.15, 0.2) is 11.4 Å². The number of ether oxygens (including phenoxy) is 1. The summed E-state index contributed by atoms with van der Waals surface area (Å²) in [5.41, 5.74) is 1.05. The van der Waals surface area contributed by atoms with E-state index in [0.29, 0.717) is 17.0 Å². The topological polar surface area (TPSA) is 57.0 Å². The van der Waals surface area contributed by atoms with Crippen LogP contribution in [0.4, 0.5) is 0 Å². The van der Waals surface area contributed by atoms with Gasteiger partial charge in [0.25, 0.3) is 0 Å². The van der Waals surface area contributed by atoms with Gasteiger partial charge in [0.2, 0.25) is 5.78 Å². The van der Waals surface area contributed by atoms with Crippen LogP contribution in [0.15, 0.2) is 30.7 Å². The number of nitrogens with zero attached hydrogens (tertiary/aromatic N) is 3. The zero-order valence-corrected chi connectivity index (χ0v) is 10.6. The lowest BCUT2D eigenvalue weighted by Crippen LogP contribution is -2.14. The second-order valence-corrected chi connectivity index (χ2v) is 4.16. The molecule has 2 aromatic rings. The molecule has 0 aliphatic rings. The second kappa shape index (κ2) is 5.00. The van der Waals surface area contributed by atoms with Crippen molar-refractivity contribution in [2.24, 2.45) is 0 Å². The van der Waals surface area contributed by atoms with Crippen molar-refractivity contribution >= 4 is 5.78 Å². The molecular weight excluding hydrogens is 230 g/mol. The molecule has 0 fully saturated rings. The van der Waals surface area contributed by atoms with Crippen LogP contribution in [0.25, 0.3) is 0 Å². The highest BCUT2D eigenvalue weighted by Gasteiger charge is 2.22. The molecule has 0 aliphatic carbocycles. The first kappa shape index (κ1) is 12.3. The van der Waals surface area contributed by atoms with Crippen molar-refractivity contribution in [3.05, 3.63) is 42.0 Å². The smallest absolute Gasteiger partial charge is 0.214 e. The Balaban J connectivity index is 2.50. The van der Waals surface area contributed by atoms with Crippen LogP contribution in [0.3, 0.4) is 0 Å². The van der Waals surface area contributed by atoms with Crippen LogP contribution < -0.4 is 4.74 Å². The zero-order valence-electron chi connectivity index (χ0n) is 10.6. The van der Waals surface area contributed by atoms with E-state index in [1.807, 2.05) is 13.8 Å². The number of carbonyl (C=O) groups is 1. The number of methoxy groups -OCH3 is 1. The molecule has 0 spiro atoms. The van der Waals surface area contributed by atoms with Crippen LogP contribution in [0, 0.1) is 0 Å². The molecule has 2 rings (SSSR count). The molecule has 0 saturated carbocycles. The number of hydrogen-bond donors (Lipinski definition) is 0. The van der Waals surface area contributed by atoms with Crippen LogP contribution in [0.5, 0.6) is 5.75 Å². The molecule has 5 heteroatoms. The molecule has 2 aromatic heterocycles. The monoisotopic (exact) mass is 245 g/mol. The number of pyridine rings is 1. The highest BCUT2D eigenvalue weighted by Crippen LogP contribution is 2.23.